The molecule has 1 aliphatic heterocycles. The van der Waals surface area contributed by atoms with Gasteiger partial charge in [0, 0.05) is 38.1 Å². The topological polar surface area (TPSA) is 58.6 Å². The average Bonchev–Trinajstić information content (AvgIpc) is 2.39. The second kappa shape index (κ2) is 6.36. The van der Waals surface area contributed by atoms with Crippen LogP contribution in [0.1, 0.15) is 0 Å². The van der Waals surface area contributed by atoms with Gasteiger partial charge in [-0.25, -0.2) is 8.42 Å². The third-order valence-electron chi connectivity index (χ3n) is 3.12. The fourth-order valence-corrected chi connectivity index (χ4v) is 2.69. The lowest BCUT2D eigenvalue weighted by Gasteiger charge is -2.26. The van der Waals surface area contributed by atoms with Gasteiger partial charge in [0.05, 0.1) is 18.1 Å². The molecule has 1 aliphatic rings. The maximum Gasteiger partial charge on any atom is 0.175 e. The first-order chi connectivity index (χ1) is 9.05. The molecule has 0 bridgehead atoms. The summed E-state index contributed by atoms with van der Waals surface area (Å²) in [5.41, 5.74) is 0.844. The lowest BCUT2D eigenvalue weighted by Crippen LogP contribution is -2.39. The Morgan fingerprint density at radius 2 is 2.05 bits per heavy atom. The molecular formula is C13H20N2O3S. The van der Waals surface area contributed by atoms with Crippen LogP contribution in [-0.4, -0.2) is 59.0 Å². The molecule has 0 aromatic heterocycles. The van der Waals surface area contributed by atoms with Gasteiger partial charge in [-0.2, -0.15) is 0 Å². The van der Waals surface area contributed by atoms with Gasteiger partial charge >= 0.3 is 0 Å². The van der Waals surface area contributed by atoms with Crippen molar-refractivity contribution >= 4 is 15.5 Å². The van der Waals surface area contributed by atoms with Crippen molar-refractivity contribution in [1.82, 2.24) is 4.90 Å². The Hall–Kier alpha value is -1.11. The average molecular weight is 284 g/mol. The van der Waals surface area contributed by atoms with Crippen molar-refractivity contribution in [3.05, 3.63) is 24.3 Å². The monoisotopic (exact) mass is 284 g/mol. The Morgan fingerprint density at radius 1 is 1.32 bits per heavy atom. The minimum absolute atomic E-state index is 0.351. The summed E-state index contributed by atoms with van der Waals surface area (Å²) in [6, 6.07) is 6.93. The van der Waals surface area contributed by atoms with Gasteiger partial charge in [-0.1, -0.05) is 6.07 Å². The van der Waals surface area contributed by atoms with Gasteiger partial charge in [-0.15, -0.1) is 0 Å². The number of anilines is 1. The van der Waals surface area contributed by atoms with Crippen LogP contribution in [0.4, 0.5) is 5.69 Å². The fraction of sp³-hybridized carbons (Fsp3) is 0.538. The van der Waals surface area contributed by atoms with E-state index in [-0.39, 0.29) is 0 Å². The second-order valence-corrected chi connectivity index (χ2v) is 6.70. The molecule has 1 saturated heterocycles. The maximum absolute atomic E-state index is 11.5. The summed E-state index contributed by atoms with van der Waals surface area (Å²) in [7, 11) is -3.14. The predicted molar refractivity (Wildman–Crippen MR) is 75.3 cm³/mol. The van der Waals surface area contributed by atoms with Crippen LogP contribution in [0.2, 0.25) is 0 Å². The Balaban J connectivity index is 1.85. The van der Waals surface area contributed by atoms with Gasteiger partial charge in [0.15, 0.2) is 9.84 Å². The number of hydrogen-bond acceptors (Lipinski definition) is 5. The molecule has 0 aliphatic carbocycles. The first-order valence-electron chi connectivity index (χ1n) is 6.40. The molecule has 1 N–H and O–H groups in total. The van der Waals surface area contributed by atoms with Crippen molar-refractivity contribution in [2.24, 2.45) is 0 Å². The molecule has 19 heavy (non-hydrogen) atoms. The summed E-state index contributed by atoms with van der Waals surface area (Å²) in [5.74, 6) is 0. The molecule has 0 amide bonds. The number of nitrogens with zero attached hydrogens (tertiary/aromatic N) is 1. The van der Waals surface area contributed by atoms with E-state index in [0.29, 0.717) is 4.90 Å². The molecule has 0 radical (unpaired) electrons. The third-order valence-corrected chi connectivity index (χ3v) is 4.23. The highest BCUT2D eigenvalue weighted by Gasteiger charge is 2.10. The quantitative estimate of drug-likeness (QED) is 0.868. The lowest BCUT2D eigenvalue weighted by molar-refractivity contribution is 0.0398. The molecule has 1 heterocycles. The highest BCUT2D eigenvalue weighted by atomic mass is 32.2. The van der Waals surface area contributed by atoms with E-state index >= 15 is 0 Å². The Morgan fingerprint density at radius 3 is 2.74 bits per heavy atom. The van der Waals surface area contributed by atoms with Gasteiger partial charge in [0.2, 0.25) is 0 Å². The highest BCUT2D eigenvalue weighted by Crippen LogP contribution is 2.14. The van der Waals surface area contributed by atoms with Crippen LogP contribution in [0.25, 0.3) is 0 Å². The van der Waals surface area contributed by atoms with Crippen LogP contribution in [0.15, 0.2) is 29.2 Å². The summed E-state index contributed by atoms with van der Waals surface area (Å²) in [4.78, 5) is 2.68. The minimum atomic E-state index is -3.14. The summed E-state index contributed by atoms with van der Waals surface area (Å²) in [6.45, 7) is 5.25. The van der Waals surface area contributed by atoms with E-state index in [9.17, 15) is 8.42 Å². The van der Waals surface area contributed by atoms with Crippen LogP contribution in [0, 0.1) is 0 Å². The third kappa shape index (κ3) is 4.49. The Kier molecular flexibility index (Phi) is 4.79. The molecule has 0 spiro atoms. The molecule has 1 aromatic carbocycles. The normalized spacial score (nSPS) is 17.3. The zero-order valence-electron chi connectivity index (χ0n) is 11.1. The summed E-state index contributed by atoms with van der Waals surface area (Å²) >= 11 is 0. The number of rotatable bonds is 5. The van der Waals surface area contributed by atoms with E-state index in [1.54, 1.807) is 18.2 Å². The van der Waals surface area contributed by atoms with Gasteiger partial charge in [-0.05, 0) is 18.2 Å². The zero-order chi connectivity index (χ0) is 13.7. The number of sulfone groups is 1. The molecule has 2 rings (SSSR count). The highest BCUT2D eigenvalue weighted by molar-refractivity contribution is 7.90. The van der Waals surface area contributed by atoms with Crippen LogP contribution in [0.5, 0.6) is 0 Å². The van der Waals surface area contributed by atoms with Crippen molar-refractivity contribution in [2.75, 3.05) is 51.0 Å². The molecular weight excluding hydrogens is 264 g/mol. The van der Waals surface area contributed by atoms with Crippen molar-refractivity contribution in [3.8, 4) is 0 Å². The Labute approximate surface area is 114 Å². The lowest BCUT2D eigenvalue weighted by atomic mass is 10.3. The smallest absolute Gasteiger partial charge is 0.175 e. The maximum atomic E-state index is 11.5. The molecule has 106 valence electrons. The van der Waals surface area contributed by atoms with E-state index in [1.807, 2.05) is 6.07 Å². The number of benzene rings is 1. The zero-order valence-corrected chi connectivity index (χ0v) is 11.9. The van der Waals surface area contributed by atoms with E-state index < -0.39 is 9.84 Å². The second-order valence-electron chi connectivity index (χ2n) is 4.68. The summed E-state index contributed by atoms with van der Waals surface area (Å²) in [6.07, 6.45) is 1.22. The standard InChI is InChI=1S/C13H20N2O3S/c1-19(16,17)13-4-2-3-12(11-13)14-5-6-15-7-9-18-10-8-15/h2-4,11,14H,5-10H2,1H3. The Bertz CT molecular complexity index is 510. The van der Waals surface area contributed by atoms with Gasteiger partial charge < -0.3 is 10.1 Å². The van der Waals surface area contributed by atoms with E-state index in [4.69, 9.17) is 4.74 Å². The van der Waals surface area contributed by atoms with Crippen LogP contribution in [-0.2, 0) is 14.6 Å². The molecule has 1 fully saturated rings. The van der Waals surface area contributed by atoms with Crippen molar-refractivity contribution in [3.63, 3.8) is 0 Å². The number of nitrogens with one attached hydrogen (secondary N) is 1. The SMILES string of the molecule is CS(=O)(=O)c1cccc(NCCN2CCOCC2)c1. The van der Waals surface area contributed by atoms with E-state index in [0.717, 1.165) is 45.1 Å². The molecule has 0 atom stereocenters. The molecule has 0 saturated carbocycles. The molecule has 5 nitrogen and oxygen atoms in total. The van der Waals surface area contributed by atoms with Gasteiger partial charge in [0.25, 0.3) is 0 Å². The van der Waals surface area contributed by atoms with E-state index in [2.05, 4.69) is 10.2 Å². The van der Waals surface area contributed by atoms with Crippen molar-refractivity contribution < 1.29 is 13.2 Å². The van der Waals surface area contributed by atoms with E-state index in [1.165, 1.54) is 6.26 Å². The first-order valence-corrected chi connectivity index (χ1v) is 8.29. The van der Waals surface area contributed by atoms with Gasteiger partial charge in [0.1, 0.15) is 0 Å². The summed E-state index contributed by atoms with van der Waals surface area (Å²) < 4.78 is 28.2. The van der Waals surface area contributed by atoms with Crippen LogP contribution in [0.3, 0.4) is 0 Å². The largest absolute Gasteiger partial charge is 0.384 e. The molecule has 1 aromatic rings. The number of morpholine rings is 1. The molecule has 0 unspecified atom stereocenters. The van der Waals surface area contributed by atoms with Crippen molar-refractivity contribution in [2.45, 2.75) is 4.90 Å². The van der Waals surface area contributed by atoms with Gasteiger partial charge in [-0.3, -0.25) is 4.90 Å². The van der Waals surface area contributed by atoms with Crippen LogP contribution >= 0.6 is 0 Å². The van der Waals surface area contributed by atoms with Crippen molar-refractivity contribution in [1.29, 1.82) is 0 Å². The molecule has 6 heteroatoms. The summed E-state index contributed by atoms with van der Waals surface area (Å²) in [5, 5.41) is 3.26. The number of hydrogen-bond donors (Lipinski definition) is 1. The first kappa shape index (κ1) is 14.3. The number of ether oxygens (including phenoxy) is 1. The minimum Gasteiger partial charge on any atom is -0.384 e. The predicted octanol–water partition coefficient (Wildman–Crippen LogP) is 0.834. The van der Waals surface area contributed by atoms with Crippen LogP contribution < -0.4 is 5.32 Å². The fourth-order valence-electron chi connectivity index (χ4n) is 2.02.